The number of alkyl halides is 3. The summed E-state index contributed by atoms with van der Waals surface area (Å²) in [6, 6.07) is 9.61. The maximum Gasteiger partial charge on any atom is 0.434 e. The standard InChI is InChI=1S/C17H19F3N2OS/c1-12-21-16(17(18,19)20)15(24-12)10-22-9-5-6-13(22)11-23-14-7-3-2-4-8-14/h2-4,7-8,13H,5-6,9-11H2,1H3. The Morgan fingerprint density at radius 1 is 1.29 bits per heavy atom. The Bertz CT molecular complexity index is 672. The molecule has 2 heterocycles. The van der Waals surface area contributed by atoms with Gasteiger partial charge < -0.3 is 4.74 Å². The zero-order valence-corrected chi connectivity index (χ0v) is 14.2. The zero-order chi connectivity index (χ0) is 17.2. The van der Waals surface area contributed by atoms with Crippen LogP contribution in [0.25, 0.3) is 0 Å². The number of hydrogen-bond acceptors (Lipinski definition) is 4. The lowest BCUT2D eigenvalue weighted by molar-refractivity contribution is -0.141. The van der Waals surface area contributed by atoms with Gasteiger partial charge in [0, 0.05) is 12.6 Å². The smallest absolute Gasteiger partial charge is 0.434 e. The molecule has 0 spiro atoms. The highest BCUT2D eigenvalue weighted by Gasteiger charge is 2.38. The predicted molar refractivity (Wildman–Crippen MR) is 87.2 cm³/mol. The van der Waals surface area contributed by atoms with Crippen molar-refractivity contribution in [1.82, 2.24) is 9.88 Å². The maximum atomic E-state index is 13.1. The number of benzene rings is 1. The molecule has 130 valence electrons. The van der Waals surface area contributed by atoms with Gasteiger partial charge in [0.15, 0.2) is 5.69 Å². The summed E-state index contributed by atoms with van der Waals surface area (Å²) >= 11 is 1.13. The topological polar surface area (TPSA) is 25.4 Å². The van der Waals surface area contributed by atoms with Crippen LogP contribution in [0.1, 0.15) is 28.4 Å². The van der Waals surface area contributed by atoms with E-state index in [0.29, 0.717) is 16.5 Å². The Balaban J connectivity index is 1.66. The molecule has 24 heavy (non-hydrogen) atoms. The number of aryl methyl sites for hydroxylation is 1. The predicted octanol–water partition coefficient (Wildman–Crippen LogP) is 4.51. The first kappa shape index (κ1) is 17.2. The fourth-order valence-electron chi connectivity index (χ4n) is 2.98. The molecule has 1 aliphatic heterocycles. The Labute approximate surface area is 143 Å². The van der Waals surface area contributed by atoms with Gasteiger partial charge in [-0.1, -0.05) is 18.2 Å². The van der Waals surface area contributed by atoms with E-state index in [1.807, 2.05) is 30.3 Å². The first-order valence-electron chi connectivity index (χ1n) is 7.89. The van der Waals surface area contributed by atoms with Gasteiger partial charge >= 0.3 is 6.18 Å². The van der Waals surface area contributed by atoms with Crippen LogP contribution in [0.5, 0.6) is 5.75 Å². The third kappa shape index (κ3) is 4.08. The van der Waals surface area contributed by atoms with Crippen LogP contribution in [0, 0.1) is 6.92 Å². The fourth-order valence-corrected chi connectivity index (χ4v) is 3.97. The summed E-state index contributed by atoms with van der Waals surface area (Å²) in [6.07, 6.45) is -2.48. The molecule has 1 saturated heterocycles. The van der Waals surface area contributed by atoms with Gasteiger partial charge in [-0.25, -0.2) is 4.98 Å². The van der Waals surface area contributed by atoms with Crippen LogP contribution in [-0.2, 0) is 12.7 Å². The van der Waals surface area contributed by atoms with E-state index in [0.717, 1.165) is 36.5 Å². The van der Waals surface area contributed by atoms with Crippen LogP contribution < -0.4 is 4.74 Å². The normalized spacial score (nSPS) is 18.9. The highest BCUT2D eigenvalue weighted by Crippen LogP contribution is 2.35. The molecule has 7 heteroatoms. The number of likely N-dealkylation sites (tertiary alicyclic amines) is 1. The van der Waals surface area contributed by atoms with Gasteiger partial charge in [0.05, 0.1) is 9.88 Å². The van der Waals surface area contributed by atoms with Crippen molar-refractivity contribution in [3.63, 3.8) is 0 Å². The van der Waals surface area contributed by atoms with Crippen molar-refractivity contribution in [2.75, 3.05) is 13.2 Å². The van der Waals surface area contributed by atoms with Crippen LogP contribution in [-0.4, -0.2) is 29.1 Å². The molecule has 0 bridgehead atoms. The molecule has 1 aliphatic rings. The number of thiazole rings is 1. The van der Waals surface area contributed by atoms with E-state index in [2.05, 4.69) is 9.88 Å². The van der Waals surface area contributed by atoms with Gasteiger partial charge in [-0.3, -0.25) is 4.90 Å². The van der Waals surface area contributed by atoms with Gasteiger partial charge in [0.25, 0.3) is 0 Å². The summed E-state index contributed by atoms with van der Waals surface area (Å²) < 4.78 is 45.1. The van der Waals surface area contributed by atoms with E-state index >= 15 is 0 Å². The number of rotatable bonds is 5. The minimum absolute atomic E-state index is 0.133. The van der Waals surface area contributed by atoms with Crippen molar-refractivity contribution < 1.29 is 17.9 Å². The van der Waals surface area contributed by atoms with Gasteiger partial charge in [0.2, 0.25) is 0 Å². The van der Waals surface area contributed by atoms with Crippen LogP contribution in [0.15, 0.2) is 30.3 Å². The lowest BCUT2D eigenvalue weighted by atomic mass is 10.2. The van der Waals surface area contributed by atoms with Crippen molar-refractivity contribution in [3.8, 4) is 5.75 Å². The van der Waals surface area contributed by atoms with Crippen LogP contribution in [0.4, 0.5) is 13.2 Å². The average Bonchev–Trinajstić information content (AvgIpc) is 3.13. The van der Waals surface area contributed by atoms with Crippen LogP contribution >= 0.6 is 11.3 Å². The lowest BCUT2D eigenvalue weighted by Gasteiger charge is -2.24. The zero-order valence-electron chi connectivity index (χ0n) is 13.3. The summed E-state index contributed by atoms with van der Waals surface area (Å²) in [7, 11) is 0. The van der Waals surface area contributed by atoms with E-state index in [4.69, 9.17) is 4.74 Å². The van der Waals surface area contributed by atoms with Crippen molar-refractivity contribution in [2.24, 2.45) is 0 Å². The molecule has 1 unspecified atom stereocenters. The molecule has 1 fully saturated rings. The quantitative estimate of drug-likeness (QED) is 0.788. The molecule has 3 nitrogen and oxygen atoms in total. The monoisotopic (exact) mass is 356 g/mol. The van der Waals surface area contributed by atoms with Gasteiger partial charge in [-0.05, 0) is 38.4 Å². The van der Waals surface area contributed by atoms with Crippen LogP contribution in [0.2, 0.25) is 0 Å². The first-order chi connectivity index (χ1) is 11.4. The second-order valence-electron chi connectivity index (χ2n) is 5.89. The minimum atomic E-state index is -4.39. The summed E-state index contributed by atoms with van der Waals surface area (Å²) in [5.74, 6) is 0.786. The molecule has 0 radical (unpaired) electrons. The number of hydrogen-bond donors (Lipinski definition) is 0. The van der Waals surface area contributed by atoms with Gasteiger partial charge in [-0.15, -0.1) is 11.3 Å². The molecule has 1 aromatic carbocycles. The number of halogens is 3. The molecule has 0 saturated carbocycles. The number of aromatic nitrogens is 1. The van der Waals surface area contributed by atoms with E-state index in [1.54, 1.807) is 6.92 Å². The summed E-state index contributed by atoms with van der Waals surface area (Å²) in [4.78, 5) is 6.05. The lowest BCUT2D eigenvalue weighted by Crippen LogP contribution is -2.34. The second-order valence-corrected chi connectivity index (χ2v) is 7.18. The Morgan fingerprint density at radius 3 is 2.75 bits per heavy atom. The summed E-state index contributed by atoms with van der Waals surface area (Å²) in [5.41, 5.74) is -0.736. The SMILES string of the molecule is Cc1nc(C(F)(F)F)c(CN2CCCC2COc2ccccc2)s1. The summed E-state index contributed by atoms with van der Waals surface area (Å²) in [5, 5.41) is 0.452. The van der Waals surface area contributed by atoms with E-state index in [-0.39, 0.29) is 12.6 Å². The van der Waals surface area contributed by atoms with E-state index < -0.39 is 11.9 Å². The van der Waals surface area contributed by atoms with Crippen LogP contribution in [0.3, 0.4) is 0 Å². The largest absolute Gasteiger partial charge is 0.492 e. The third-order valence-corrected chi connectivity index (χ3v) is 5.06. The van der Waals surface area contributed by atoms with Crippen molar-refractivity contribution in [1.29, 1.82) is 0 Å². The molecule has 0 N–H and O–H groups in total. The number of nitrogens with zero attached hydrogens (tertiary/aromatic N) is 2. The van der Waals surface area contributed by atoms with Gasteiger partial charge in [-0.2, -0.15) is 13.2 Å². The molecule has 1 atom stereocenters. The fraction of sp³-hybridized carbons (Fsp3) is 0.471. The second kappa shape index (κ2) is 7.11. The highest BCUT2D eigenvalue weighted by atomic mass is 32.1. The molecular formula is C17H19F3N2OS. The molecular weight excluding hydrogens is 337 g/mol. The first-order valence-corrected chi connectivity index (χ1v) is 8.70. The number of ether oxygens (including phenoxy) is 1. The summed E-state index contributed by atoms with van der Waals surface area (Å²) in [6.45, 7) is 3.17. The van der Waals surface area contributed by atoms with Crippen molar-refractivity contribution in [2.45, 2.75) is 38.5 Å². The Hall–Kier alpha value is -1.60. The van der Waals surface area contributed by atoms with Gasteiger partial charge in [0.1, 0.15) is 12.4 Å². The molecule has 2 aromatic rings. The maximum absolute atomic E-state index is 13.1. The Morgan fingerprint density at radius 2 is 2.04 bits per heavy atom. The number of para-hydroxylation sites is 1. The van der Waals surface area contributed by atoms with E-state index in [9.17, 15) is 13.2 Å². The minimum Gasteiger partial charge on any atom is -0.492 e. The average molecular weight is 356 g/mol. The molecule has 0 amide bonds. The highest BCUT2D eigenvalue weighted by molar-refractivity contribution is 7.11. The Kier molecular flexibility index (Phi) is 5.10. The van der Waals surface area contributed by atoms with E-state index in [1.165, 1.54) is 0 Å². The molecule has 3 rings (SSSR count). The molecule has 1 aromatic heterocycles. The third-order valence-electron chi connectivity index (χ3n) is 4.10. The van der Waals surface area contributed by atoms with Crippen molar-refractivity contribution >= 4 is 11.3 Å². The van der Waals surface area contributed by atoms with Crippen molar-refractivity contribution in [3.05, 3.63) is 45.9 Å². The molecule has 0 aliphatic carbocycles.